The van der Waals surface area contributed by atoms with Crippen LogP contribution in [-0.4, -0.2) is 48.3 Å². The third kappa shape index (κ3) is 4.30. The summed E-state index contributed by atoms with van der Waals surface area (Å²) in [5.74, 6) is -1.62. The second-order valence-electron chi connectivity index (χ2n) is 7.54. The van der Waals surface area contributed by atoms with E-state index in [1.54, 1.807) is 23.1 Å². The summed E-state index contributed by atoms with van der Waals surface area (Å²) in [5.41, 5.74) is 0.815. The topological polar surface area (TPSA) is 123 Å². The van der Waals surface area contributed by atoms with Gasteiger partial charge in [0.05, 0.1) is 47.9 Å². The number of primary sulfonamides is 1. The van der Waals surface area contributed by atoms with Crippen LogP contribution < -0.4 is 19.1 Å². The van der Waals surface area contributed by atoms with E-state index in [4.69, 9.17) is 9.88 Å². The smallest absolute Gasteiger partial charge is 0.238 e. The lowest BCUT2D eigenvalue weighted by Gasteiger charge is -2.38. The summed E-state index contributed by atoms with van der Waals surface area (Å²) in [4.78, 5) is 5.30. The Morgan fingerprint density at radius 2 is 1.76 bits per heavy atom. The molecule has 1 aliphatic heterocycles. The van der Waals surface area contributed by atoms with Crippen LogP contribution in [0.25, 0.3) is 10.9 Å². The molecular formula is C20H20F2N4O5S2. The van der Waals surface area contributed by atoms with Gasteiger partial charge in [-0.15, -0.1) is 0 Å². The largest absolute Gasteiger partial charge is 0.497 e. The van der Waals surface area contributed by atoms with E-state index in [1.807, 2.05) is 0 Å². The first-order valence-electron chi connectivity index (χ1n) is 9.60. The molecule has 0 aliphatic carbocycles. The van der Waals surface area contributed by atoms with Gasteiger partial charge in [0.15, 0.2) is 0 Å². The third-order valence-corrected chi connectivity index (χ3v) is 7.45. The first-order chi connectivity index (χ1) is 15.4. The molecular weight excluding hydrogens is 478 g/mol. The van der Waals surface area contributed by atoms with E-state index < -0.39 is 36.6 Å². The Balaban J connectivity index is 1.87. The number of sulfonamides is 2. The summed E-state index contributed by atoms with van der Waals surface area (Å²) in [6.07, 6.45) is 2.46. The average molecular weight is 499 g/mol. The number of aromatic nitrogens is 1. The van der Waals surface area contributed by atoms with Gasteiger partial charge in [-0.2, -0.15) is 0 Å². The van der Waals surface area contributed by atoms with Gasteiger partial charge in [-0.3, -0.25) is 9.29 Å². The fourth-order valence-corrected chi connectivity index (χ4v) is 5.26. The van der Waals surface area contributed by atoms with E-state index in [9.17, 15) is 25.6 Å². The number of benzene rings is 2. The van der Waals surface area contributed by atoms with Crippen LogP contribution in [0.1, 0.15) is 5.56 Å². The van der Waals surface area contributed by atoms with Crippen molar-refractivity contribution in [3.63, 3.8) is 0 Å². The van der Waals surface area contributed by atoms with Crippen LogP contribution in [0.5, 0.6) is 5.75 Å². The Labute approximate surface area is 189 Å². The van der Waals surface area contributed by atoms with Gasteiger partial charge in [-0.05, 0) is 24.3 Å². The van der Waals surface area contributed by atoms with E-state index in [2.05, 4.69) is 4.98 Å². The molecule has 0 spiro atoms. The Morgan fingerprint density at radius 3 is 2.33 bits per heavy atom. The van der Waals surface area contributed by atoms with Crippen molar-refractivity contribution in [2.45, 2.75) is 11.4 Å². The highest BCUT2D eigenvalue weighted by Gasteiger charge is 2.31. The van der Waals surface area contributed by atoms with Gasteiger partial charge in [-0.25, -0.2) is 30.8 Å². The molecule has 0 saturated heterocycles. The monoisotopic (exact) mass is 498 g/mol. The fourth-order valence-electron chi connectivity index (χ4n) is 3.82. The quantitative estimate of drug-likeness (QED) is 0.570. The van der Waals surface area contributed by atoms with Gasteiger partial charge in [-0.1, -0.05) is 0 Å². The van der Waals surface area contributed by atoms with Crippen LogP contribution in [0.2, 0.25) is 0 Å². The SMILES string of the molecule is COc1ccc2c3c(cnc2c1)N(S(C)(=O)=O)CCN3Cc1c(F)cc(S(N)(=O)=O)cc1F. The zero-order valence-corrected chi connectivity index (χ0v) is 19.3. The lowest BCUT2D eigenvalue weighted by Crippen LogP contribution is -2.43. The van der Waals surface area contributed by atoms with Crippen LogP contribution in [0.15, 0.2) is 41.4 Å². The maximum Gasteiger partial charge on any atom is 0.238 e. The highest BCUT2D eigenvalue weighted by atomic mass is 32.2. The third-order valence-electron chi connectivity index (χ3n) is 5.38. The average Bonchev–Trinajstić information content (AvgIpc) is 2.73. The standard InChI is InChI=1S/C20H20F2N4O5S2/c1-31-12-3-4-14-18(7-12)24-10-19-20(14)25(5-6-26(19)32(2,27)28)11-15-16(21)8-13(9-17(15)22)33(23,29)30/h3-4,7-10H,5-6,11H2,1-2H3,(H2,23,29,30). The molecule has 2 heterocycles. The molecule has 0 saturated carbocycles. The molecule has 3 aromatic rings. The predicted octanol–water partition coefficient (Wildman–Crippen LogP) is 1.96. The predicted molar refractivity (Wildman–Crippen MR) is 119 cm³/mol. The van der Waals surface area contributed by atoms with Crippen LogP contribution in [0.3, 0.4) is 0 Å². The molecule has 4 rings (SSSR count). The molecule has 13 heteroatoms. The first-order valence-corrected chi connectivity index (χ1v) is 13.0. The van der Waals surface area contributed by atoms with Crippen molar-refractivity contribution in [3.05, 3.63) is 53.7 Å². The molecule has 33 heavy (non-hydrogen) atoms. The maximum absolute atomic E-state index is 14.7. The molecule has 1 aromatic heterocycles. The lowest BCUT2D eigenvalue weighted by molar-refractivity contribution is 0.415. The van der Waals surface area contributed by atoms with E-state index in [1.165, 1.54) is 17.6 Å². The molecule has 2 N–H and O–H groups in total. The van der Waals surface area contributed by atoms with E-state index in [0.29, 0.717) is 34.5 Å². The molecule has 0 radical (unpaired) electrons. The molecule has 0 atom stereocenters. The number of rotatable bonds is 5. The number of ether oxygens (including phenoxy) is 1. The van der Waals surface area contributed by atoms with E-state index in [-0.39, 0.29) is 30.9 Å². The Kier molecular flexibility index (Phi) is 5.66. The van der Waals surface area contributed by atoms with Crippen LogP contribution >= 0.6 is 0 Å². The van der Waals surface area contributed by atoms with Gasteiger partial charge >= 0.3 is 0 Å². The number of anilines is 2. The van der Waals surface area contributed by atoms with Gasteiger partial charge in [0.25, 0.3) is 0 Å². The highest BCUT2D eigenvalue weighted by Crippen LogP contribution is 2.41. The van der Waals surface area contributed by atoms with Crippen LogP contribution in [0.4, 0.5) is 20.2 Å². The minimum atomic E-state index is -4.29. The highest BCUT2D eigenvalue weighted by molar-refractivity contribution is 7.92. The summed E-state index contributed by atoms with van der Waals surface area (Å²) in [6.45, 7) is -0.118. The van der Waals surface area contributed by atoms with Crippen LogP contribution in [0, 0.1) is 11.6 Å². The van der Waals surface area contributed by atoms with Crippen molar-refractivity contribution >= 4 is 42.3 Å². The number of pyridine rings is 1. The van der Waals surface area contributed by atoms with Gasteiger partial charge < -0.3 is 9.64 Å². The number of hydrogen-bond donors (Lipinski definition) is 1. The van der Waals surface area contributed by atoms with Crippen molar-refractivity contribution in [2.75, 3.05) is 35.7 Å². The van der Waals surface area contributed by atoms with Crippen molar-refractivity contribution < 1.29 is 30.4 Å². The van der Waals surface area contributed by atoms with Gasteiger partial charge in [0.2, 0.25) is 20.0 Å². The van der Waals surface area contributed by atoms with Crippen LogP contribution in [-0.2, 0) is 26.6 Å². The van der Waals surface area contributed by atoms with Crippen molar-refractivity contribution in [1.29, 1.82) is 0 Å². The number of nitrogens with zero attached hydrogens (tertiary/aromatic N) is 3. The fraction of sp³-hybridized carbons (Fsp3) is 0.250. The molecule has 0 fully saturated rings. The molecule has 0 unspecified atom stereocenters. The first kappa shape index (κ1) is 23.1. The van der Waals surface area contributed by atoms with Crippen molar-refractivity contribution in [3.8, 4) is 5.75 Å². The summed E-state index contributed by atoms with van der Waals surface area (Å²) in [6, 6.07) is 6.35. The molecule has 0 amide bonds. The summed E-state index contributed by atoms with van der Waals surface area (Å²) >= 11 is 0. The number of nitrogens with two attached hydrogens (primary N) is 1. The summed E-state index contributed by atoms with van der Waals surface area (Å²) in [7, 11) is -6.44. The molecule has 1 aliphatic rings. The van der Waals surface area contributed by atoms with Crippen molar-refractivity contribution in [1.82, 2.24) is 4.98 Å². The molecule has 176 valence electrons. The molecule has 9 nitrogen and oxygen atoms in total. The Hall–Kier alpha value is -3.03. The second kappa shape index (κ2) is 8.08. The van der Waals surface area contributed by atoms with Gasteiger partial charge in [0, 0.05) is 30.1 Å². The zero-order valence-electron chi connectivity index (χ0n) is 17.6. The Morgan fingerprint density at radius 1 is 1.09 bits per heavy atom. The normalized spacial score (nSPS) is 14.5. The number of fused-ring (bicyclic) bond motifs is 3. The Bertz CT molecular complexity index is 1460. The van der Waals surface area contributed by atoms with Crippen molar-refractivity contribution in [2.24, 2.45) is 5.14 Å². The van der Waals surface area contributed by atoms with Gasteiger partial charge in [0.1, 0.15) is 17.4 Å². The number of methoxy groups -OCH3 is 1. The second-order valence-corrected chi connectivity index (χ2v) is 11.0. The number of hydrogen-bond acceptors (Lipinski definition) is 7. The zero-order chi connectivity index (χ0) is 24.1. The summed E-state index contributed by atoms with van der Waals surface area (Å²) < 4.78 is 83.6. The minimum Gasteiger partial charge on any atom is -0.497 e. The molecule has 2 aromatic carbocycles. The van der Waals surface area contributed by atoms with E-state index >= 15 is 0 Å². The minimum absolute atomic E-state index is 0.0354. The van der Waals surface area contributed by atoms with E-state index in [0.717, 1.165) is 6.26 Å². The lowest BCUT2D eigenvalue weighted by atomic mass is 10.1. The number of halogens is 2. The maximum atomic E-state index is 14.7. The summed E-state index contributed by atoms with van der Waals surface area (Å²) in [5, 5.41) is 5.54. The molecule has 0 bridgehead atoms.